The molecule has 0 N–H and O–H groups in total. The van der Waals surface area contributed by atoms with Crippen molar-refractivity contribution in [3.05, 3.63) is 30.3 Å². The van der Waals surface area contributed by atoms with Crippen LogP contribution in [0.4, 0.5) is 5.69 Å². The molecule has 1 aliphatic heterocycles. The lowest BCUT2D eigenvalue weighted by molar-refractivity contribution is 0.429. The third kappa shape index (κ3) is 3.16. The fourth-order valence-electron chi connectivity index (χ4n) is 1.93. The Morgan fingerprint density at radius 2 is 1.75 bits per heavy atom. The molecule has 0 saturated carbocycles. The molecule has 88 valence electrons. The fourth-order valence-corrected chi connectivity index (χ4v) is 2.80. The monoisotopic (exact) mass is 236 g/mol. The standard InChI is InChI=1S/C13H20N2S/c1-2-12-16-15-10-8-14(9-11-15)13-6-4-3-5-7-13/h3-7H,2,8-12H2,1H3. The summed E-state index contributed by atoms with van der Waals surface area (Å²) in [7, 11) is 0. The highest BCUT2D eigenvalue weighted by molar-refractivity contribution is 7.97. The summed E-state index contributed by atoms with van der Waals surface area (Å²) >= 11 is 2.00. The summed E-state index contributed by atoms with van der Waals surface area (Å²) in [4.78, 5) is 2.48. The van der Waals surface area contributed by atoms with Crippen molar-refractivity contribution in [2.75, 3.05) is 36.8 Å². The third-order valence-corrected chi connectivity index (χ3v) is 4.16. The fraction of sp³-hybridized carbons (Fsp3) is 0.538. The van der Waals surface area contributed by atoms with Crippen molar-refractivity contribution in [2.24, 2.45) is 0 Å². The van der Waals surface area contributed by atoms with Gasteiger partial charge in [0.2, 0.25) is 0 Å². The molecule has 1 aromatic rings. The number of anilines is 1. The number of para-hydroxylation sites is 1. The molecular weight excluding hydrogens is 216 g/mol. The molecule has 1 fully saturated rings. The van der Waals surface area contributed by atoms with Crippen molar-refractivity contribution < 1.29 is 0 Å². The van der Waals surface area contributed by atoms with Crippen LogP contribution in [0.5, 0.6) is 0 Å². The average Bonchev–Trinajstić information content (AvgIpc) is 2.38. The first-order valence-electron chi connectivity index (χ1n) is 6.08. The lowest BCUT2D eigenvalue weighted by Crippen LogP contribution is -2.43. The minimum Gasteiger partial charge on any atom is -0.369 e. The highest BCUT2D eigenvalue weighted by Gasteiger charge is 2.16. The molecule has 0 spiro atoms. The molecule has 0 radical (unpaired) electrons. The minimum atomic E-state index is 1.15. The van der Waals surface area contributed by atoms with Crippen LogP contribution in [-0.4, -0.2) is 36.2 Å². The second kappa shape index (κ2) is 6.16. The quantitative estimate of drug-likeness (QED) is 0.742. The average molecular weight is 236 g/mol. The van der Waals surface area contributed by atoms with Crippen LogP contribution in [0.2, 0.25) is 0 Å². The Balaban J connectivity index is 1.81. The van der Waals surface area contributed by atoms with Crippen LogP contribution in [0.25, 0.3) is 0 Å². The Morgan fingerprint density at radius 3 is 2.38 bits per heavy atom. The zero-order chi connectivity index (χ0) is 11.2. The van der Waals surface area contributed by atoms with Gasteiger partial charge in [0.15, 0.2) is 0 Å². The summed E-state index contributed by atoms with van der Waals surface area (Å²) in [5.74, 6) is 1.26. The predicted octanol–water partition coefficient (Wildman–Crippen LogP) is 2.87. The maximum Gasteiger partial charge on any atom is 0.0367 e. The van der Waals surface area contributed by atoms with E-state index in [4.69, 9.17) is 0 Å². The molecule has 2 rings (SSSR count). The van der Waals surface area contributed by atoms with Crippen molar-refractivity contribution in [3.8, 4) is 0 Å². The molecule has 3 heteroatoms. The molecule has 16 heavy (non-hydrogen) atoms. The summed E-state index contributed by atoms with van der Waals surface area (Å²) in [5, 5.41) is 0. The molecule has 0 atom stereocenters. The van der Waals surface area contributed by atoms with Crippen LogP contribution in [0.3, 0.4) is 0 Å². The highest BCUT2D eigenvalue weighted by Crippen LogP contribution is 2.19. The second-order valence-corrected chi connectivity index (χ2v) is 5.27. The third-order valence-electron chi connectivity index (χ3n) is 2.84. The molecule has 1 heterocycles. The molecule has 0 aromatic heterocycles. The Hall–Kier alpha value is -0.670. The molecule has 1 aromatic carbocycles. The van der Waals surface area contributed by atoms with Crippen LogP contribution in [0.15, 0.2) is 30.3 Å². The lowest BCUT2D eigenvalue weighted by Gasteiger charge is -2.35. The number of nitrogens with zero attached hydrogens (tertiary/aromatic N) is 2. The lowest BCUT2D eigenvalue weighted by atomic mass is 10.2. The second-order valence-electron chi connectivity index (χ2n) is 4.08. The van der Waals surface area contributed by atoms with E-state index >= 15 is 0 Å². The van der Waals surface area contributed by atoms with E-state index in [0.29, 0.717) is 0 Å². The van der Waals surface area contributed by atoms with Gasteiger partial charge in [-0.25, -0.2) is 4.31 Å². The van der Waals surface area contributed by atoms with E-state index in [1.54, 1.807) is 0 Å². The van der Waals surface area contributed by atoms with Gasteiger partial charge in [-0.1, -0.05) is 37.1 Å². The molecule has 0 amide bonds. The minimum absolute atomic E-state index is 1.15. The van der Waals surface area contributed by atoms with Gasteiger partial charge in [-0.15, -0.1) is 0 Å². The summed E-state index contributed by atoms with van der Waals surface area (Å²) in [6.07, 6.45) is 1.27. The zero-order valence-electron chi connectivity index (χ0n) is 9.93. The first-order valence-corrected chi connectivity index (χ1v) is 7.02. The Kier molecular flexibility index (Phi) is 4.55. The highest BCUT2D eigenvalue weighted by atomic mass is 32.2. The summed E-state index contributed by atoms with van der Waals surface area (Å²) in [6, 6.07) is 10.7. The molecule has 0 aliphatic carbocycles. The summed E-state index contributed by atoms with van der Waals surface area (Å²) in [5.41, 5.74) is 1.36. The molecule has 2 nitrogen and oxygen atoms in total. The van der Waals surface area contributed by atoms with Crippen LogP contribution in [0, 0.1) is 0 Å². The van der Waals surface area contributed by atoms with Crippen molar-refractivity contribution in [1.82, 2.24) is 4.31 Å². The maximum atomic E-state index is 2.50. The Labute approximate surface area is 103 Å². The Morgan fingerprint density at radius 1 is 1.06 bits per heavy atom. The molecule has 0 unspecified atom stereocenters. The number of hydrogen-bond acceptors (Lipinski definition) is 3. The van der Waals surface area contributed by atoms with Gasteiger partial charge < -0.3 is 4.90 Å². The normalized spacial score (nSPS) is 17.7. The zero-order valence-corrected chi connectivity index (χ0v) is 10.7. The van der Waals surface area contributed by atoms with Gasteiger partial charge in [0.1, 0.15) is 0 Å². The van der Waals surface area contributed by atoms with Gasteiger partial charge >= 0.3 is 0 Å². The predicted molar refractivity (Wildman–Crippen MR) is 73.0 cm³/mol. The maximum absolute atomic E-state index is 2.50. The van der Waals surface area contributed by atoms with Gasteiger partial charge in [0.05, 0.1) is 0 Å². The van der Waals surface area contributed by atoms with Gasteiger partial charge in [-0.2, -0.15) is 0 Å². The van der Waals surface area contributed by atoms with Gasteiger partial charge in [0.25, 0.3) is 0 Å². The molecular formula is C13H20N2S. The van der Waals surface area contributed by atoms with E-state index in [0.717, 1.165) is 13.1 Å². The van der Waals surface area contributed by atoms with Crippen molar-refractivity contribution in [2.45, 2.75) is 13.3 Å². The van der Waals surface area contributed by atoms with E-state index in [1.807, 2.05) is 11.9 Å². The van der Waals surface area contributed by atoms with E-state index in [-0.39, 0.29) is 0 Å². The largest absolute Gasteiger partial charge is 0.369 e. The van der Waals surface area contributed by atoms with Crippen LogP contribution in [0.1, 0.15) is 13.3 Å². The van der Waals surface area contributed by atoms with Gasteiger partial charge in [-0.05, 0) is 18.6 Å². The number of benzene rings is 1. The molecule has 1 saturated heterocycles. The van der Waals surface area contributed by atoms with E-state index in [2.05, 4.69) is 46.5 Å². The van der Waals surface area contributed by atoms with Crippen molar-refractivity contribution in [1.29, 1.82) is 0 Å². The van der Waals surface area contributed by atoms with E-state index < -0.39 is 0 Å². The van der Waals surface area contributed by atoms with Crippen LogP contribution in [-0.2, 0) is 0 Å². The summed E-state index contributed by atoms with van der Waals surface area (Å²) < 4.78 is 2.50. The van der Waals surface area contributed by atoms with E-state index in [9.17, 15) is 0 Å². The molecule has 1 aliphatic rings. The smallest absolute Gasteiger partial charge is 0.0367 e. The van der Waals surface area contributed by atoms with Crippen molar-refractivity contribution >= 4 is 17.6 Å². The van der Waals surface area contributed by atoms with Crippen LogP contribution < -0.4 is 4.90 Å². The number of rotatable bonds is 4. The SMILES string of the molecule is CCCSN1CCN(c2ccccc2)CC1. The first kappa shape index (κ1) is 11.8. The van der Waals surface area contributed by atoms with Crippen molar-refractivity contribution in [3.63, 3.8) is 0 Å². The van der Waals surface area contributed by atoms with Gasteiger partial charge in [0, 0.05) is 37.6 Å². The van der Waals surface area contributed by atoms with E-state index in [1.165, 1.54) is 31.0 Å². The Bertz CT molecular complexity index is 294. The molecule has 0 bridgehead atoms. The topological polar surface area (TPSA) is 6.48 Å². The summed E-state index contributed by atoms with van der Waals surface area (Å²) in [6.45, 7) is 6.91. The van der Waals surface area contributed by atoms with Gasteiger partial charge in [-0.3, -0.25) is 0 Å². The van der Waals surface area contributed by atoms with Crippen LogP contribution >= 0.6 is 11.9 Å². The number of piperazine rings is 1. The number of hydrogen-bond donors (Lipinski definition) is 0. The first-order chi connectivity index (χ1) is 7.90.